The molecular formula is C13H17FO6. The lowest BCUT2D eigenvalue weighted by Gasteiger charge is -2.39. The maximum absolute atomic E-state index is 12.8. The lowest BCUT2D eigenvalue weighted by molar-refractivity contribution is -0.277. The predicted octanol–water partition coefficient (Wildman–Crippen LogP) is -0.665. The second-order valence-corrected chi connectivity index (χ2v) is 4.56. The third kappa shape index (κ3) is 2.92. The second-order valence-electron chi connectivity index (χ2n) is 4.56. The van der Waals surface area contributed by atoms with Gasteiger partial charge in [0.2, 0.25) is 6.29 Å². The van der Waals surface area contributed by atoms with E-state index in [4.69, 9.17) is 14.6 Å². The molecule has 0 aromatic heterocycles. The predicted molar refractivity (Wildman–Crippen MR) is 65.6 cm³/mol. The van der Waals surface area contributed by atoms with E-state index in [0.29, 0.717) is 0 Å². The van der Waals surface area contributed by atoms with Crippen molar-refractivity contribution < 1.29 is 34.3 Å². The molecule has 0 saturated carbocycles. The Morgan fingerprint density at radius 3 is 2.45 bits per heavy atom. The van der Waals surface area contributed by atoms with Crippen LogP contribution in [0.2, 0.25) is 0 Å². The Hall–Kier alpha value is -1.25. The first-order chi connectivity index (χ1) is 9.58. The van der Waals surface area contributed by atoms with Crippen molar-refractivity contribution in [3.8, 4) is 5.75 Å². The summed E-state index contributed by atoms with van der Waals surface area (Å²) in [7, 11) is 0. The lowest BCUT2D eigenvalue weighted by atomic mass is 9.99. The second kappa shape index (κ2) is 6.47. The number of alkyl halides is 1. The van der Waals surface area contributed by atoms with E-state index in [9.17, 15) is 19.7 Å². The molecule has 1 heterocycles. The van der Waals surface area contributed by atoms with Gasteiger partial charge in [-0.3, -0.25) is 0 Å². The summed E-state index contributed by atoms with van der Waals surface area (Å²) in [5, 5.41) is 38.1. The molecule has 7 heteroatoms. The Morgan fingerprint density at radius 2 is 1.80 bits per heavy atom. The van der Waals surface area contributed by atoms with Gasteiger partial charge in [0.15, 0.2) is 0 Å². The Bertz CT molecular complexity index is 441. The summed E-state index contributed by atoms with van der Waals surface area (Å²) in [4.78, 5) is 0. The van der Waals surface area contributed by atoms with Crippen molar-refractivity contribution in [2.24, 2.45) is 0 Å². The molecule has 0 aliphatic carbocycles. The molecule has 5 atom stereocenters. The molecule has 0 amide bonds. The number of ether oxygens (including phenoxy) is 2. The van der Waals surface area contributed by atoms with Crippen LogP contribution in [0.25, 0.3) is 0 Å². The zero-order chi connectivity index (χ0) is 14.7. The highest BCUT2D eigenvalue weighted by atomic mass is 19.1. The fraction of sp³-hybridized carbons (Fsp3) is 0.538. The minimum absolute atomic E-state index is 0.166. The van der Waals surface area contributed by atoms with Crippen LogP contribution in [0, 0.1) is 0 Å². The molecule has 2 rings (SSSR count). The summed E-state index contributed by atoms with van der Waals surface area (Å²) in [5.74, 6) is 0.166. The van der Waals surface area contributed by atoms with Crippen molar-refractivity contribution in [1.29, 1.82) is 0 Å². The molecule has 20 heavy (non-hydrogen) atoms. The van der Waals surface area contributed by atoms with Crippen molar-refractivity contribution in [1.82, 2.24) is 0 Å². The van der Waals surface area contributed by atoms with Gasteiger partial charge in [-0.05, 0) is 6.07 Å². The fourth-order valence-corrected chi connectivity index (χ4v) is 2.02. The zero-order valence-electron chi connectivity index (χ0n) is 10.6. The first-order valence-corrected chi connectivity index (χ1v) is 6.19. The number of aliphatic hydroxyl groups is 4. The third-order valence-electron chi connectivity index (χ3n) is 3.21. The summed E-state index contributed by atoms with van der Waals surface area (Å²) >= 11 is 0. The maximum Gasteiger partial charge on any atom is 0.229 e. The number of aliphatic hydroxyl groups excluding tert-OH is 4. The molecule has 6 nitrogen and oxygen atoms in total. The quantitative estimate of drug-likeness (QED) is 0.587. The first-order valence-electron chi connectivity index (χ1n) is 6.19. The van der Waals surface area contributed by atoms with Gasteiger partial charge >= 0.3 is 0 Å². The highest BCUT2D eigenvalue weighted by Crippen LogP contribution is 2.26. The summed E-state index contributed by atoms with van der Waals surface area (Å²) in [6.07, 6.45) is -6.86. The molecule has 0 bridgehead atoms. The molecule has 1 aromatic carbocycles. The van der Waals surface area contributed by atoms with E-state index >= 15 is 0 Å². The minimum atomic E-state index is -1.52. The van der Waals surface area contributed by atoms with Crippen molar-refractivity contribution >= 4 is 0 Å². The van der Waals surface area contributed by atoms with E-state index in [-0.39, 0.29) is 11.3 Å². The SMILES string of the molecule is OC[C@H]1O[C@H](Oc2ccccc2CF)[C@H](O)[C@@H](O)[C@@H]1O. The maximum atomic E-state index is 12.8. The molecular weight excluding hydrogens is 271 g/mol. The highest BCUT2D eigenvalue weighted by Gasteiger charge is 2.44. The minimum Gasteiger partial charge on any atom is -0.462 e. The van der Waals surface area contributed by atoms with Gasteiger partial charge in [0.05, 0.1) is 6.61 Å². The standard InChI is InChI=1S/C13H17FO6/c14-5-7-3-1-2-4-8(7)19-13-12(18)11(17)10(16)9(6-15)20-13/h1-4,9-13,15-18H,5-6H2/t9-,10-,11+,12-,13+/m1/s1. The Balaban J connectivity index is 2.15. The molecule has 0 radical (unpaired) electrons. The van der Waals surface area contributed by atoms with Crippen molar-refractivity contribution in [3.05, 3.63) is 29.8 Å². The summed E-state index contributed by atoms with van der Waals surface area (Å²) < 4.78 is 23.3. The fourth-order valence-electron chi connectivity index (χ4n) is 2.02. The lowest BCUT2D eigenvalue weighted by Crippen LogP contribution is -2.60. The van der Waals surface area contributed by atoms with Crippen molar-refractivity contribution in [3.63, 3.8) is 0 Å². The van der Waals surface area contributed by atoms with E-state index in [1.54, 1.807) is 12.1 Å². The van der Waals surface area contributed by atoms with Crippen LogP contribution in [0.3, 0.4) is 0 Å². The van der Waals surface area contributed by atoms with E-state index in [0.717, 1.165) is 0 Å². The summed E-state index contributed by atoms with van der Waals surface area (Å²) in [6, 6.07) is 6.27. The molecule has 112 valence electrons. The Labute approximate surface area is 115 Å². The van der Waals surface area contributed by atoms with Crippen LogP contribution < -0.4 is 4.74 Å². The molecule has 1 aliphatic rings. The van der Waals surface area contributed by atoms with Gasteiger partial charge in [-0.2, -0.15) is 0 Å². The topological polar surface area (TPSA) is 99.4 Å². The number of hydrogen-bond acceptors (Lipinski definition) is 6. The average molecular weight is 288 g/mol. The molecule has 1 saturated heterocycles. The van der Waals surface area contributed by atoms with Gasteiger partial charge in [0, 0.05) is 5.56 Å². The van der Waals surface area contributed by atoms with Crippen LogP contribution in [0.5, 0.6) is 5.75 Å². The smallest absolute Gasteiger partial charge is 0.229 e. The number of rotatable bonds is 4. The number of halogens is 1. The van der Waals surface area contributed by atoms with E-state index in [2.05, 4.69) is 0 Å². The summed E-state index contributed by atoms with van der Waals surface area (Å²) in [6.45, 7) is -1.30. The van der Waals surface area contributed by atoms with Crippen LogP contribution in [-0.2, 0) is 11.4 Å². The van der Waals surface area contributed by atoms with Crippen LogP contribution >= 0.6 is 0 Å². The number of benzene rings is 1. The van der Waals surface area contributed by atoms with Crippen LogP contribution in [0.4, 0.5) is 4.39 Å². The molecule has 4 N–H and O–H groups in total. The molecule has 1 aliphatic heterocycles. The van der Waals surface area contributed by atoms with Crippen LogP contribution in [0.1, 0.15) is 5.56 Å². The molecule has 1 fully saturated rings. The third-order valence-corrected chi connectivity index (χ3v) is 3.21. The van der Waals surface area contributed by atoms with Crippen molar-refractivity contribution in [2.75, 3.05) is 6.61 Å². The summed E-state index contributed by atoms with van der Waals surface area (Å²) in [5.41, 5.74) is 0.268. The number of para-hydroxylation sites is 1. The average Bonchev–Trinajstić information content (AvgIpc) is 2.48. The van der Waals surface area contributed by atoms with Gasteiger partial charge in [-0.25, -0.2) is 4.39 Å². The van der Waals surface area contributed by atoms with Crippen molar-refractivity contribution in [2.45, 2.75) is 37.4 Å². The van der Waals surface area contributed by atoms with Crippen LogP contribution in [-0.4, -0.2) is 57.7 Å². The molecule has 1 aromatic rings. The Morgan fingerprint density at radius 1 is 1.10 bits per heavy atom. The molecule has 0 spiro atoms. The normalized spacial score (nSPS) is 34.0. The first kappa shape index (κ1) is 15.1. The highest BCUT2D eigenvalue weighted by molar-refractivity contribution is 5.32. The number of hydrogen-bond donors (Lipinski definition) is 4. The monoisotopic (exact) mass is 288 g/mol. The van der Waals surface area contributed by atoms with E-state index < -0.39 is 44.0 Å². The van der Waals surface area contributed by atoms with E-state index in [1.165, 1.54) is 12.1 Å². The van der Waals surface area contributed by atoms with Gasteiger partial charge in [-0.1, -0.05) is 18.2 Å². The Kier molecular flexibility index (Phi) is 4.90. The van der Waals surface area contributed by atoms with E-state index in [1.807, 2.05) is 0 Å². The van der Waals surface area contributed by atoms with Gasteiger partial charge in [0.1, 0.15) is 36.8 Å². The molecule has 0 unspecified atom stereocenters. The van der Waals surface area contributed by atoms with Gasteiger partial charge in [-0.15, -0.1) is 0 Å². The zero-order valence-corrected chi connectivity index (χ0v) is 10.6. The van der Waals surface area contributed by atoms with Gasteiger partial charge in [0.25, 0.3) is 0 Å². The largest absolute Gasteiger partial charge is 0.462 e. The van der Waals surface area contributed by atoms with Gasteiger partial charge < -0.3 is 29.9 Å². The van der Waals surface area contributed by atoms with Crippen LogP contribution in [0.15, 0.2) is 24.3 Å².